The largest absolute Gasteiger partial charge is 0.481 e. The molecule has 17 N–H and O–H groups in total. The zero-order valence-corrected chi connectivity index (χ0v) is 42.1. The van der Waals surface area contributed by atoms with Crippen molar-refractivity contribution in [1.29, 1.82) is 0 Å². The summed E-state index contributed by atoms with van der Waals surface area (Å²) in [6.07, 6.45) is 1.41. The summed E-state index contributed by atoms with van der Waals surface area (Å²) in [4.78, 5) is 155. The van der Waals surface area contributed by atoms with Gasteiger partial charge in [-0.3, -0.25) is 52.9 Å². The van der Waals surface area contributed by atoms with E-state index >= 15 is 0 Å². The van der Waals surface area contributed by atoms with Crippen LogP contribution in [0, 0.1) is 17.8 Å². The number of carboxylic acids is 3. The van der Waals surface area contributed by atoms with E-state index in [2.05, 4.69) is 52.2 Å². The first-order valence-corrected chi connectivity index (χ1v) is 24.0. The van der Waals surface area contributed by atoms with E-state index < -0.39 is 139 Å². The predicted molar refractivity (Wildman–Crippen MR) is 260 cm³/mol. The number of amides is 8. The molecule has 8 amide bonds. The van der Waals surface area contributed by atoms with Gasteiger partial charge in [-0.1, -0.05) is 41.5 Å². The second-order valence-corrected chi connectivity index (χ2v) is 19.0. The summed E-state index contributed by atoms with van der Waals surface area (Å²) in [6.45, 7) is 10.1. The molecule has 1 aromatic rings. The number of aromatic amines is 1. The van der Waals surface area contributed by atoms with Crippen molar-refractivity contribution in [2.45, 2.75) is 154 Å². The average molecular weight is 1040 g/mol. The van der Waals surface area contributed by atoms with Crippen molar-refractivity contribution in [1.82, 2.24) is 52.1 Å². The number of hydrogen-bond acceptors (Lipinski definition) is 14. The Labute approximate surface area is 422 Å². The standard InChI is InChI=1S/C45H74N14O14/c1-22(2)15-26(46)37(65)58-36(24(5)6)43(71)59-14-8-10-32(59)42(70)57-30(17-25-19-49-21-52-25)40(68)56-29(16-23(3)4)38(66)51-20-33(60)53-31(18-35(63)64)41(69)54-27(9-7-13-50-45(47)48)39(67)55-28(44(72)73)11-12-34(61)62/h19,21-24,26-32,36H,7-18,20,46H2,1-6H3,(H,49,52)(H,51,66)(H,53,60)(H,54,69)(H,55,67)(H,56,68)(H,57,70)(H,58,65)(H,61,62)(H,63,64)(H,72,73)(H4,47,48,50). The second-order valence-electron chi connectivity index (χ2n) is 19.0. The minimum Gasteiger partial charge on any atom is -0.481 e. The van der Waals surface area contributed by atoms with E-state index in [4.69, 9.17) is 22.3 Å². The normalized spacial score (nSPS) is 16.1. The second kappa shape index (κ2) is 30.5. The molecule has 0 aromatic carbocycles. The molecule has 28 heteroatoms. The van der Waals surface area contributed by atoms with Gasteiger partial charge in [-0.2, -0.15) is 0 Å². The van der Waals surface area contributed by atoms with E-state index in [1.165, 1.54) is 17.4 Å². The highest BCUT2D eigenvalue weighted by Gasteiger charge is 2.41. The summed E-state index contributed by atoms with van der Waals surface area (Å²) < 4.78 is 0. The number of H-pyrrole nitrogens is 1. The molecule has 73 heavy (non-hydrogen) atoms. The molecule has 0 bridgehead atoms. The van der Waals surface area contributed by atoms with Crippen molar-refractivity contribution < 1.29 is 68.1 Å². The number of guanidine groups is 1. The molecular formula is C45H74N14O14. The molecule has 0 saturated carbocycles. The van der Waals surface area contributed by atoms with Gasteiger partial charge in [0.25, 0.3) is 0 Å². The molecule has 1 saturated heterocycles. The van der Waals surface area contributed by atoms with Crippen molar-refractivity contribution in [2.75, 3.05) is 19.6 Å². The van der Waals surface area contributed by atoms with Gasteiger partial charge in [0.1, 0.15) is 42.3 Å². The van der Waals surface area contributed by atoms with Crippen molar-refractivity contribution in [3.8, 4) is 0 Å². The number of likely N-dealkylation sites (tertiary alicyclic amines) is 1. The molecule has 8 atom stereocenters. The van der Waals surface area contributed by atoms with Gasteiger partial charge in [0.05, 0.1) is 25.3 Å². The van der Waals surface area contributed by atoms with E-state index in [1.54, 1.807) is 27.7 Å². The van der Waals surface area contributed by atoms with Crippen molar-refractivity contribution >= 4 is 71.1 Å². The van der Waals surface area contributed by atoms with Crippen LogP contribution < -0.4 is 54.4 Å². The molecule has 8 unspecified atom stereocenters. The first-order valence-electron chi connectivity index (χ1n) is 24.0. The highest BCUT2D eigenvalue weighted by molar-refractivity contribution is 5.98. The molecule has 1 aliphatic heterocycles. The van der Waals surface area contributed by atoms with Crippen LogP contribution in [0.4, 0.5) is 0 Å². The van der Waals surface area contributed by atoms with Crippen LogP contribution in [0.3, 0.4) is 0 Å². The Hall–Kier alpha value is -7.39. The first kappa shape index (κ1) is 61.7. The maximum atomic E-state index is 14.1. The van der Waals surface area contributed by atoms with Crippen LogP contribution in [0.15, 0.2) is 17.5 Å². The molecule has 1 fully saturated rings. The molecule has 2 rings (SSSR count). The Kier molecular flexibility index (Phi) is 25.8. The maximum Gasteiger partial charge on any atom is 0.326 e. The van der Waals surface area contributed by atoms with Crippen LogP contribution in [0.1, 0.15) is 105 Å². The SMILES string of the molecule is CC(C)CC(N)C(=O)NC(C(=O)N1CCCC1C(=O)NC(Cc1cnc[nH]1)C(=O)NC(CC(C)C)C(=O)NCC(=O)NC(CC(=O)O)C(=O)NC(CCCN=C(N)N)C(=O)NC(CCC(=O)O)C(=O)O)C(C)C. The summed E-state index contributed by atoms with van der Waals surface area (Å²) in [5, 5.41) is 45.2. The highest BCUT2D eigenvalue weighted by Crippen LogP contribution is 2.21. The zero-order valence-electron chi connectivity index (χ0n) is 42.1. The number of nitrogens with zero attached hydrogens (tertiary/aromatic N) is 3. The number of carboxylic acid groups (broad SMARTS) is 3. The molecule has 0 spiro atoms. The van der Waals surface area contributed by atoms with Gasteiger partial charge in [-0.15, -0.1) is 0 Å². The van der Waals surface area contributed by atoms with E-state index in [-0.39, 0.29) is 68.9 Å². The Morgan fingerprint density at radius 3 is 1.92 bits per heavy atom. The molecule has 408 valence electrons. The fourth-order valence-electron chi connectivity index (χ4n) is 7.70. The number of hydrogen-bond donors (Lipinski definition) is 14. The third-order valence-electron chi connectivity index (χ3n) is 11.4. The lowest BCUT2D eigenvalue weighted by Gasteiger charge is -2.32. The lowest BCUT2D eigenvalue weighted by molar-refractivity contribution is -0.144. The van der Waals surface area contributed by atoms with Crippen LogP contribution in [0.2, 0.25) is 0 Å². The van der Waals surface area contributed by atoms with Crippen molar-refractivity contribution in [3.63, 3.8) is 0 Å². The van der Waals surface area contributed by atoms with Gasteiger partial charge < -0.3 is 79.6 Å². The van der Waals surface area contributed by atoms with Crippen LogP contribution in [-0.2, 0) is 59.2 Å². The third kappa shape index (κ3) is 22.3. The van der Waals surface area contributed by atoms with Gasteiger partial charge >= 0.3 is 17.9 Å². The lowest BCUT2D eigenvalue weighted by atomic mass is 9.99. The topological polar surface area (TPSA) is 455 Å². The average Bonchev–Trinajstić information content (AvgIpc) is 4.01. The van der Waals surface area contributed by atoms with Gasteiger partial charge in [0, 0.05) is 37.8 Å². The number of aromatic nitrogens is 2. The number of carbonyl (C=O) groups is 11. The summed E-state index contributed by atoms with van der Waals surface area (Å²) in [5.74, 6) is -11.9. The van der Waals surface area contributed by atoms with E-state index in [1.807, 2.05) is 13.8 Å². The number of aliphatic carboxylic acids is 3. The summed E-state index contributed by atoms with van der Waals surface area (Å²) in [6, 6.07) is -10.6. The Balaban J connectivity index is 2.26. The summed E-state index contributed by atoms with van der Waals surface area (Å²) in [7, 11) is 0. The first-order chi connectivity index (χ1) is 34.2. The van der Waals surface area contributed by atoms with Crippen LogP contribution in [0.5, 0.6) is 0 Å². The molecule has 1 aliphatic rings. The third-order valence-corrected chi connectivity index (χ3v) is 11.4. The fraction of sp³-hybridized carbons (Fsp3) is 0.667. The van der Waals surface area contributed by atoms with E-state index in [0.717, 1.165) is 0 Å². The molecule has 0 radical (unpaired) electrons. The highest BCUT2D eigenvalue weighted by atomic mass is 16.4. The summed E-state index contributed by atoms with van der Waals surface area (Å²) >= 11 is 0. The number of carbonyl (C=O) groups excluding carboxylic acids is 8. The van der Waals surface area contributed by atoms with Crippen LogP contribution in [-0.4, -0.2) is 169 Å². The molecule has 2 heterocycles. The maximum absolute atomic E-state index is 14.1. The molecule has 0 aliphatic carbocycles. The minimum absolute atomic E-state index is 0.0215. The Morgan fingerprint density at radius 1 is 0.740 bits per heavy atom. The van der Waals surface area contributed by atoms with Gasteiger partial charge in [0.2, 0.25) is 47.3 Å². The number of rotatable bonds is 32. The van der Waals surface area contributed by atoms with Crippen LogP contribution in [0.25, 0.3) is 0 Å². The van der Waals surface area contributed by atoms with Crippen molar-refractivity contribution in [3.05, 3.63) is 18.2 Å². The van der Waals surface area contributed by atoms with E-state index in [0.29, 0.717) is 18.5 Å². The van der Waals surface area contributed by atoms with Crippen LogP contribution >= 0.6 is 0 Å². The smallest absolute Gasteiger partial charge is 0.326 e. The molecular weight excluding hydrogens is 961 g/mol. The number of imidazole rings is 1. The quantitative estimate of drug-likeness (QED) is 0.0189. The number of aliphatic imine (C=N–C) groups is 1. The lowest BCUT2D eigenvalue weighted by Crippen LogP contribution is -2.60. The van der Waals surface area contributed by atoms with Gasteiger partial charge in [0.15, 0.2) is 5.96 Å². The predicted octanol–water partition coefficient (Wildman–Crippen LogP) is -3.48. The van der Waals surface area contributed by atoms with Gasteiger partial charge in [-0.25, -0.2) is 9.78 Å². The molecule has 28 nitrogen and oxygen atoms in total. The Bertz CT molecular complexity index is 2110. The number of nitrogens with two attached hydrogens (primary N) is 3. The monoisotopic (exact) mass is 1030 g/mol. The number of nitrogens with one attached hydrogen (secondary N) is 8. The summed E-state index contributed by atoms with van der Waals surface area (Å²) in [5.41, 5.74) is 17.2. The minimum atomic E-state index is -1.86. The van der Waals surface area contributed by atoms with E-state index in [9.17, 15) is 63.0 Å². The van der Waals surface area contributed by atoms with Crippen molar-refractivity contribution in [2.24, 2.45) is 39.9 Å². The molecule has 1 aromatic heterocycles. The Morgan fingerprint density at radius 2 is 1.36 bits per heavy atom. The van der Waals surface area contributed by atoms with Gasteiger partial charge in [-0.05, 0) is 62.7 Å². The zero-order chi connectivity index (χ0) is 55.1. The fourth-order valence-corrected chi connectivity index (χ4v) is 7.70.